The average Bonchev–Trinajstić information content (AvgIpc) is 2.95. The first-order valence-corrected chi connectivity index (χ1v) is 16.2. The van der Waals surface area contributed by atoms with Crippen LogP contribution in [-0.4, -0.2) is 61.1 Å². The van der Waals surface area contributed by atoms with Crippen LogP contribution in [0.2, 0.25) is 0 Å². The molecule has 1 fully saturated rings. The number of piperazine rings is 1. The fourth-order valence-corrected chi connectivity index (χ4v) is 6.32. The van der Waals surface area contributed by atoms with Crippen LogP contribution in [0, 0.1) is 20.8 Å². The standard InChI is InChI=1S/C37H58N2O3/c1-27(2)13-10-14-28(3)15-11-16-29(4)17-12-18-34(40)39-25-23-38(24-26-39)22-21-37(8)20-19-33-32(7)35(41-9)30(5)31(6)36(33)42-37/h13,15,17H,10-12,14,16,18-26H2,1-9H3. The Bertz CT molecular complexity index is 1170. The predicted octanol–water partition coefficient (Wildman–Crippen LogP) is 8.44. The maximum absolute atomic E-state index is 12.9. The molecule has 2 aliphatic heterocycles. The lowest BCUT2D eigenvalue weighted by Crippen LogP contribution is -2.50. The Morgan fingerprint density at radius 2 is 1.45 bits per heavy atom. The molecule has 1 amide bonds. The van der Waals surface area contributed by atoms with Crippen LogP contribution in [-0.2, 0) is 11.2 Å². The van der Waals surface area contributed by atoms with Gasteiger partial charge in [0.2, 0.25) is 5.91 Å². The van der Waals surface area contributed by atoms with Gasteiger partial charge in [0.25, 0.3) is 0 Å². The Morgan fingerprint density at radius 3 is 2.05 bits per heavy atom. The first-order valence-electron chi connectivity index (χ1n) is 16.2. The van der Waals surface area contributed by atoms with Crippen molar-refractivity contribution in [2.75, 3.05) is 39.8 Å². The van der Waals surface area contributed by atoms with Gasteiger partial charge in [-0.2, -0.15) is 0 Å². The van der Waals surface area contributed by atoms with E-state index in [1.807, 2.05) is 0 Å². The average molecular weight is 579 g/mol. The number of nitrogens with zero attached hydrogens (tertiary/aromatic N) is 2. The summed E-state index contributed by atoms with van der Waals surface area (Å²) in [5, 5.41) is 0. The number of benzene rings is 1. The summed E-state index contributed by atoms with van der Waals surface area (Å²) in [6.45, 7) is 22.0. The van der Waals surface area contributed by atoms with E-state index in [1.165, 1.54) is 39.0 Å². The van der Waals surface area contributed by atoms with Gasteiger partial charge in [0.15, 0.2) is 0 Å². The second-order valence-corrected chi connectivity index (χ2v) is 13.2. The van der Waals surface area contributed by atoms with Gasteiger partial charge in [-0.05, 0) is 123 Å². The lowest BCUT2D eigenvalue weighted by atomic mass is 9.85. The molecule has 0 aliphatic carbocycles. The van der Waals surface area contributed by atoms with Crippen LogP contribution in [0.15, 0.2) is 34.9 Å². The molecule has 0 bridgehead atoms. The van der Waals surface area contributed by atoms with Gasteiger partial charge < -0.3 is 14.4 Å². The molecule has 2 heterocycles. The van der Waals surface area contributed by atoms with Crippen molar-refractivity contribution in [2.45, 2.75) is 119 Å². The van der Waals surface area contributed by atoms with E-state index in [2.05, 4.69) is 83.4 Å². The van der Waals surface area contributed by atoms with Crippen molar-refractivity contribution in [1.82, 2.24) is 9.80 Å². The van der Waals surface area contributed by atoms with E-state index >= 15 is 0 Å². The quantitative estimate of drug-likeness (QED) is 0.220. The molecule has 42 heavy (non-hydrogen) atoms. The van der Waals surface area contributed by atoms with Gasteiger partial charge in [0.05, 0.1) is 7.11 Å². The largest absolute Gasteiger partial charge is 0.496 e. The first kappa shape index (κ1) is 34.0. The van der Waals surface area contributed by atoms with Gasteiger partial charge in [0, 0.05) is 44.7 Å². The zero-order valence-electron chi connectivity index (χ0n) is 28.3. The summed E-state index contributed by atoms with van der Waals surface area (Å²) in [5.41, 5.74) is 9.00. The first-order chi connectivity index (χ1) is 19.9. The molecule has 0 aromatic heterocycles. The van der Waals surface area contributed by atoms with E-state index in [0.29, 0.717) is 12.3 Å². The zero-order chi connectivity index (χ0) is 30.9. The fourth-order valence-electron chi connectivity index (χ4n) is 6.32. The lowest BCUT2D eigenvalue weighted by Gasteiger charge is -2.40. The number of rotatable bonds is 13. The summed E-state index contributed by atoms with van der Waals surface area (Å²) in [6.07, 6.45) is 15.9. The summed E-state index contributed by atoms with van der Waals surface area (Å²) in [7, 11) is 1.76. The number of allylic oxidation sites excluding steroid dienone is 6. The molecule has 234 valence electrons. The molecule has 2 aliphatic rings. The van der Waals surface area contributed by atoms with E-state index in [9.17, 15) is 4.79 Å². The van der Waals surface area contributed by atoms with Gasteiger partial charge in [-0.3, -0.25) is 9.69 Å². The smallest absolute Gasteiger partial charge is 0.222 e. The van der Waals surface area contributed by atoms with E-state index in [0.717, 1.165) is 95.6 Å². The minimum Gasteiger partial charge on any atom is -0.496 e. The summed E-state index contributed by atoms with van der Waals surface area (Å²) < 4.78 is 12.4. The molecule has 1 unspecified atom stereocenters. The van der Waals surface area contributed by atoms with Gasteiger partial charge in [-0.15, -0.1) is 0 Å². The summed E-state index contributed by atoms with van der Waals surface area (Å²) in [4.78, 5) is 17.4. The van der Waals surface area contributed by atoms with Crippen LogP contribution in [0.1, 0.15) is 108 Å². The number of fused-ring (bicyclic) bond motifs is 1. The molecule has 0 radical (unpaired) electrons. The van der Waals surface area contributed by atoms with Crippen LogP contribution < -0.4 is 9.47 Å². The minimum atomic E-state index is -0.164. The van der Waals surface area contributed by atoms with Crippen LogP contribution in [0.4, 0.5) is 0 Å². The van der Waals surface area contributed by atoms with Gasteiger partial charge in [-0.25, -0.2) is 0 Å². The SMILES string of the molecule is COc1c(C)c(C)c2c(c1C)CCC(C)(CCN1CCN(C(=O)CCC=C(C)CCC=C(C)CCC=C(C)C)CC1)O2. The second kappa shape index (κ2) is 15.8. The number of carbonyl (C=O) groups excluding carboxylic acids is 1. The van der Waals surface area contributed by atoms with Crippen molar-refractivity contribution < 1.29 is 14.3 Å². The van der Waals surface area contributed by atoms with E-state index < -0.39 is 0 Å². The van der Waals surface area contributed by atoms with Crippen LogP contribution in [0.5, 0.6) is 11.5 Å². The number of ether oxygens (including phenoxy) is 2. The Labute approximate surface area is 257 Å². The molecule has 1 aromatic rings. The molecule has 1 saturated heterocycles. The highest BCUT2D eigenvalue weighted by Gasteiger charge is 2.35. The van der Waals surface area contributed by atoms with Crippen molar-refractivity contribution in [3.05, 3.63) is 57.2 Å². The number of amides is 1. The molecule has 3 rings (SSSR count). The summed E-state index contributed by atoms with van der Waals surface area (Å²) in [5.74, 6) is 2.37. The number of hydrogen-bond acceptors (Lipinski definition) is 4. The highest BCUT2D eigenvalue weighted by Crippen LogP contribution is 2.44. The summed E-state index contributed by atoms with van der Waals surface area (Å²) >= 11 is 0. The predicted molar refractivity (Wildman–Crippen MR) is 177 cm³/mol. The molecule has 0 N–H and O–H groups in total. The van der Waals surface area contributed by atoms with Crippen molar-refractivity contribution in [1.29, 1.82) is 0 Å². The maximum atomic E-state index is 12.9. The topological polar surface area (TPSA) is 42.0 Å². The lowest BCUT2D eigenvalue weighted by molar-refractivity contribution is -0.133. The molecule has 1 aromatic carbocycles. The van der Waals surface area contributed by atoms with E-state index in [-0.39, 0.29) is 5.60 Å². The van der Waals surface area contributed by atoms with Gasteiger partial charge in [0.1, 0.15) is 17.1 Å². The monoisotopic (exact) mass is 578 g/mol. The molecule has 1 atom stereocenters. The highest BCUT2D eigenvalue weighted by atomic mass is 16.5. The van der Waals surface area contributed by atoms with E-state index in [4.69, 9.17) is 9.47 Å². The van der Waals surface area contributed by atoms with Gasteiger partial charge in [-0.1, -0.05) is 34.9 Å². The fraction of sp³-hybridized carbons (Fsp3) is 0.649. The van der Waals surface area contributed by atoms with Crippen molar-refractivity contribution >= 4 is 5.91 Å². The molecule has 5 nitrogen and oxygen atoms in total. The number of carbonyl (C=O) groups is 1. The highest BCUT2D eigenvalue weighted by molar-refractivity contribution is 5.76. The minimum absolute atomic E-state index is 0.164. The van der Waals surface area contributed by atoms with Crippen LogP contribution >= 0.6 is 0 Å². The maximum Gasteiger partial charge on any atom is 0.222 e. The molecular weight excluding hydrogens is 520 g/mol. The molecule has 5 heteroatoms. The Hall–Kier alpha value is -2.53. The number of hydrogen-bond donors (Lipinski definition) is 0. The van der Waals surface area contributed by atoms with Crippen molar-refractivity contribution in [3.8, 4) is 11.5 Å². The normalized spacial score (nSPS) is 19.8. The van der Waals surface area contributed by atoms with E-state index in [1.54, 1.807) is 7.11 Å². The van der Waals surface area contributed by atoms with Gasteiger partial charge >= 0.3 is 0 Å². The van der Waals surface area contributed by atoms with Crippen molar-refractivity contribution in [3.63, 3.8) is 0 Å². The third kappa shape index (κ3) is 9.49. The molecule has 0 saturated carbocycles. The third-order valence-corrected chi connectivity index (χ3v) is 9.42. The Kier molecular flexibility index (Phi) is 12.8. The molecule has 0 spiro atoms. The number of methoxy groups -OCH3 is 1. The van der Waals surface area contributed by atoms with Crippen molar-refractivity contribution in [2.24, 2.45) is 0 Å². The second-order valence-electron chi connectivity index (χ2n) is 13.2. The molecular formula is C37H58N2O3. The summed E-state index contributed by atoms with van der Waals surface area (Å²) in [6, 6.07) is 0. The third-order valence-electron chi connectivity index (χ3n) is 9.42. The van der Waals surface area contributed by atoms with Crippen LogP contribution in [0.3, 0.4) is 0 Å². The Morgan fingerprint density at radius 1 is 0.857 bits per heavy atom. The van der Waals surface area contributed by atoms with Crippen LogP contribution in [0.25, 0.3) is 0 Å². The zero-order valence-corrected chi connectivity index (χ0v) is 28.3. The Balaban J connectivity index is 1.38.